The van der Waals surface area contributed by atoms with Gasteiger partial charge >= 0.3 is 0 Å². The molecule has 3 heterocycles. The van der Waals surface area contributed by atoms with Crippen LogP contribution in [0.15, 0.2) is 75.8 Å². The van der Waals surface area contributed by atoms with Gasteiger partial charge in [-0.3, -0.25) is 9.36 Å². The summed E-state index contributed by atoms with van der Waals surface area (Å²) in [6.45, 7) is 6.41. The lowest BCUT2D eigenvalue weighted by molar-refractivity contribution is 0.313. The molecular weight excluding hydrogens is 481 g/mol. The summed E-state index contributed by atoms with van der Waals surface area (Å²) in [5.74, 6) is 0.882. The Balaban J connectivity index is 1.49. The number of fused-ring (bicyclic) bond motifs is 1. The van der Waals surface area contributed by atoms with Crippen LogP contribution in [0.3, 0.4) is 0 Å². The summed E-state index contributed by atoms with van der Waals surface area (Å²) in [6.07, 6.45) is 3.63. The highest BCUT2D eigenvalue weighted by atomic mass is 19.1. The number of aromatic nitrogens is 1. The van der Waals surface area contributed by atoms with E-state index in [-0.39, 0.29) is 17.9 Å². The van der Waals surface area contributed by atoms with Gasteiger partial charge in [0.15, 0.2) is 0 Å². The number of halogens is 1. The van der Waals surface area contributed by atoms with Crippen molar-refractivity contribution in [2.24, 2.45) is 4.99 Å². The van der Waals surface area contributed by atoms with Gasteiger partial charge in [-0.1, -0.05) is 13.0 Å². The summed E-state index contributed by atoms with van der Waals surface area (Å²) in [7, 11) is 3.69. The van der Waals surface area contributed by atoms with Gasteiger partial charge in [-0.2, -0.15) is 0 Å². The Morgan fingerprint density at radius 1 is 1.03 bits per heavy atom. The molecule has 38 heavy (non-hydrogen) atoms. The van der Waals surface area contributed by atoms with E-state index >= 15 is 0 Å². The Morgan fingerprint density at radius 3 is 2.50 bits per heavy atom. The molecule has 3 aromatic rings. The van der Waals surface area contributed by atoms with E-state index in [1.165, 1.54) is 31.0 Å². The Bertz CT molecular complexity index is 1520. The summed E-state index contributed by atoms with van der Waals surface area (Å²) in [5, 5.41) is 4.38. The molecule has 8 heteroatoms. The van der Waals surface area contributed by atoms with Crippen molar-refractivity contribution >= 4 is 17.5 Å². The number of allylic oxidation sites excluding steroid dienone is 1. The maximum Gasteiger partial charge on any atom is 0.252 e. The lowest BCUT2D eigenvalue weighted by atomic mass is 10.1. The van der Waals surface area contributed by atoms with E-state index in [1.54, 1.807) is 10.6 Å². The average Bonchev–Trinajstić information content (AvgIpc) is 3.10. The van der Waals surface area contributed by atoms with Crippen LogP contribution in [0.4, 0.5) is 15.8 Å². The predicted molar refractivity (Wildman–Crippen MR) is 150 cm³/mol. The van der Waals surface area contributed by atoms with Crippen LogP contribution in [0, 0.1) is 5.82 Å². The fourth-order valence-electron chi connectivity index (χ4n) is 4.96. The monoisotopic (exact) mass is 515 g/mol. The number of benzene rings is 2. The highest BCUT2D eigenvalue weighted by Gasteiger charge is 2.15. The minimum Gasteiger partial charge on any atom is -0.496 e. The molecule has 0 atom stereocenters. The minimum absolute atomic E-state index is 0.148. The molecule has 2 aliphatic heterocycles. The number of anilines is 2. The molecule has 0 aliphatic carbocycles. The van der Waals surface area contributed by atoms with Crippen molar-refractivity contribution in [2.45, 2.75) is 26.3 Å². The predicted octanol–water partition coefficient (Wildman–Crippen LogP) is 3.33. The van der Waals surface area contributed by atoms with Crippen LogP contribution < -0.4 is 31.2 Å². The van der Waals surface area contributed by atoms with Crippen molar-refractivity contribution in [1.82, 2.24) is 9.47 Å². The molecule has 1 aromatic heterocycles. The quantitative estimate of drug-likeness (QED) is 0.523. The van der Waals surface area contributed by atoms with Gasteiger partial charge in [-0.05, 0) is 74.0 Å². The number of nitrogens with zero attached hydrogens (tertiary/aromatic N) is 4. The summed E-state index contributed by atoms with van der Waals surface area (Å²) in [4.78, 5) is 22.8. The number of hydrogen-bond acceptors (Lipinski definition) is 6. The smallest absolute Gasteiger partial charge is 0.252 e. The highest BCUT2D eigenvalue weighted by molar-refractivity contribution is 5.58. The molecule has 198 valence electrons. The van der Waals surface area contributed by atoms with Gasteiger partial charge in [-0.25, -0.2) is 9.38 Å². The van der Waals surface area contributed by atoms with Crippen molar-refractivity contribution in [3.8, 4) is 5.75 Å². The number of rotatable bonds is 7. The summed E-state index contributed by atoms with van der Waals surface area (Å²) in [5.41, 5.74) is 4.21. The number of hydrogen-bond donors (Lipinski definition) is 1. The first kappa shape index (κ1) is 25.7. The van der Waals surface area contributed by atoms with Crippen LogP contribution in [0.1, 0.15) is 25.3 Å². The molecule has 0 saturated carbocycles. The van der Waals surface area contributed by atoms with Crippen molar-refractivity contribution < 1.29 is 9.13 Å². The van der Waals surface area contributed by atoms with Crippen molar-refractivity contribution in [2.75, 3.05) is 50.6 Å². The summed E-state index contributed by atoms with van der Waals surface area (Å²) in [6, 6.07) is 16.1. The lowest BCUT2D eigenvalue weighted by Gasteiger charge is -2.34. The van der Waals surface area contributed by atoms with Gasteiger partial charge < -0.3 is 19.9 Å². The molecule has 0 amide bonds. The largest absolute Gasteiger partial charge is 0.496 e. The maximum atomic E-state index is 14.1. The van der Waals surface area contributed by atoms with Crippen LogP contribution in [0.5, 0.6) is 5.75 Å². The van der Waals surface area contributed by atoms with Gasteiger partial charge in [0.2, 0.25) is 0 Å². The SMILES string of the molecule is CCC1=C(Nc2ccc(N3CCN(C)CC3)cc2)N=c2c(ccc(=O)n2Cc2cc(F)ccc2OC)=CC1. The number of ether oxygens (including phenoxy) is 1. The Labute approximate surface area is 222 Å². The Hall–Kier alpha value is -3.91. The maximum absolute atomic E-state index is 14.1. The van der Waals surface area contributed by atoms with Crippen LogP contribution in [0.2, 0.25) is 0 Å². The molecule has 0 unspecified atom stereocenters. The van der Waals surface area contributed by atoms with Gasteiger partial charge in [0.1, 0.15) is 22.9 Å². The fraction of sp³-hybridized carbons (Fsp3) is 0.333. The first-order chi connectivity index (χ1) is 18.4. The standard InChI is InChI=1S/C30H34FN5O2/c1-4-21-5-6-22-7-14-28(37)36(20-23-19-24(31)8-13-27(23)38-3)30(22)33-29(21)32-25-9-11-26(12-10-25)35-17-15-34(2)16-18-35/h6-14,19,32H,4-5,15-18,20H2,1-3H3. The first-order valence-corrected chi connectivity index (χ1v) is 13.1. The zero-order chi connectivity index (χ0) is 26.6. The van der Waals surface area contributed by atoms with Crippen LogP contribution in [-0.4, -0.2) is 49.8 Å². The third kappa shape index (κ3) is 5.50. The Morgan fingerprint density at radius 2 is 1.79 bits per heavy atom. The van der Waals surface area contributed by atoms with Gasteiger partial charge in [0.05, 0.1) is 13.7 Å². The summed E-state index contributed by atoms with van der Waals surface area (Å²) >= 11 is 0. The average molecular weight is 516 g/mol. The second-order valence-electron chi connectivity index (χ2n) is 9.78. The second kappa shape index (κ2) is 11.2. The van der Waals surface area contributed by atoms with Crippen LogP contribution in [-0.2, 0) is 6.54 Å². The van der Waals surface area contributed by atoms with E-state index in [9.17, 15) is 9.18 Å². The van der Waals surface area contributed by atoms with Gasteiger partial charge in [-0.15, -0.1) is 0 Å². The molecule has 1 N–H and O–H groups in total. The van der Waals surface area contributed by atoms with Crippen molar-refractivity contribution in [3.63, 3.8) is 0 Å². The third-order valence-electron chi connectivity index (χ3n) is 7.30. The molecule has 2 aliphatic rings. The fourth-order valence-corrected chi connectivity index (χ4v) is 4.96. The molecule has 0 radical (unpaired) electrons. The Kier molecular flexibility index (Phi) is 7.60. The number of likely N-dealkylation sites (N-methyl/N-ethyl adjacent to an activating group) is 1. The van der Waals surface area contributed by atoms with Gasteiger partial charge in [0.25, 0.3) is 5.56 Å². The molecular formula is C30H34FN5O2. The minimum atomic E-state index is -0.380. The first-order valence-electron chi connectivity index (χ1n) is 13.1. The zero-order valence-electron chi connectivity index (χ0n) is 22.2. The molecule has 1 saturated heterocycles. The molecule has 7 nitrogen and oxygen atoms in total. The molecule has 5 rings (SSSR count). The molecule has 1 fully saturated rings. The van der Waals surface area contributed by atoms with E-state index in [2.05, 4.69) is 59.4 Å². The molecule has 0 bridgehead atoms. The molecule has 0 spiro atoms. The van der Waals surface area contributed by atoms with Crippen LogP contribution in [0.25, 0.3) is 6.08 Å². The highest BCUT2D eigenvalue weighted by Crippen LogP contribution is 2.23. The third-order valence-corrected chi connectivity index (χ3v) is 7.30. The zero-order valence-corrected chi connectivity index (χ0v) is 22.2. The van der Waals surface area contributed by atoms with E-state index in [1.807, 2.05) is 6.07 Å². The summed E-state index contributed by atoms with van der Waals surface area (Å²) < 4.78 is 21.1. The van der Waals surface area contributed by atoms with E-state index < -0.39 is 0 Å². The normalized spacial score (nSPS) is 15.8. The topological polar surface area (TPSA) is 62.1 Å². The lowest BCUT2D eigenvalue weighted by Crippen LogP contribution is -2.44. The van der Waals surface area contributed by atoms with Crippen molar-refractivity contribution in [1.29, 1.82) is 0 Å². The van der Waals surface area contributed by atoms with E-state index in [0.29, 0.717) is 16.8 Å². The molecule has 2 aromatic carbocycles. The number of pyridine rings is 1. The number of nitrogens with one attached hydrogen (secondary N) is 1. The van der Waals surface area contributed by atoms with E-state index in [4.69, 9.17) is 9.73 Å². The number of methoxy groups -OCH3 is 1. The van der Waals surface area contributed by atoms with Gasteiger partial charge in [0, 0.05) is 54.4 Å². The van der Waals surface area contributed by atoms with Crippen molar-refractivity contribution in [3.05, 3.63) is 98.4 Å². The second-order valence-corrected chi connectivity index (χ2v) is 9.78. The number of piperazine rings is 1. The van der Waals surface area contributed by atoms with Crippen LogP contribution >= 0.6 is 0 Å². The van der Waals surface area contributed by atoms with E-state index in [0.717, 1.165) is 61.3 Å².